The van der Waals surface area contributed by atoms with Gasteiger partial charge in [-0.1, -0.05) is 38.3 Å². The molecule has 0 aliphatic carbocycles. The minimum Gasteiger partial charge on any atom is -0.449 e. The highest BCUT2D eigenvalue weighted by Gasteiger charge is 2.25. The van der Waals surface area contributed by atoms with Crippen LogP contribution in [0, 0.1) is 0 Å². The molecule has 0 aromatic carbocycles. The minimum atomic E-state index is -0.736. The van der Waals surface area contributed by atoms with E-state index in [2.05, 4.69) is 18.5 Å². The molecule has 0 saturated heterocycles. The smallest absolute Gasteiger partial charge is 0.330 e. The average Bonchev–Trinajstić information content (AvgIpc) is 2.46. The van der Waals surface area contributed by atoms with E-state index in [1.165, 1.54) is 19.3 Å². The van der Waals surface area contributed by atoms with Gasteiger partial charge in [0.05, 0.1) is 0 Å². The second-order valence-electron chi connectivity index (χ2n) is 6.86. The molecule has 4 nitrogen and oxygen atoms in total. The Bertz CT molecular complexity index is 383. The van der Waals surface area contributed by atoms with Gasteiger partial charge in [-0.15, -0.1) is 6.58 Å². The first-order valence-electron chi connectivity index (χ1n) is 8.56. The van der Waals surface area contributed by atoms with Crippen molar-refractivity contribution in [3.63, 3.8) is 0 Å². The van der Waals surface area contributed by atoms with Gasteiger partial charge in [0.1, 0.15) is 0 Å². The lowest BCUT2D eigenvalue weighted by Crippen LogP contribution is -2.47. The molecule has 0 radical (unpaired) electrons. The Balaban J connectivity index is 4.16. The van der Waals surface area contributed by atoms with Crippen LogP contribution in [0.4, 0.5) is 0 Å². The van der Waals surface area contributed by atoms with Gasteiger partial charge in [-0.2, -0.15) is 0 Å². The van der Waals surface area contributed by atoms with E-state index in [1.54, 1.807) is 0 Å². The van der Waals surface area contributed by atoms with Crippen molar-refractivity contribution in [2.75, 3.05) is 0 Å². The number of carbonyl (C=O) groups is 2. The number of rotatable bonds is 12. The zero-order valence-electron chi connectivity index (χ0n) is 15.0. The summed E-state index contributed by atoms with van der Waals surface area (Å²) >= 11 is 0. The van der Waals surface area contributed by atoms with Crippen molar-refractivity contribution in [3.8, 4) is 0 Å². The van der Waals surface area contributed by atoms with E-state index in [0.717, 1.165) is 31.8 Å². The Labute approximate surface area is 141 Å². The average molecular weight is 323 g/mol. The van der Waals surface area contributed by atoms with Gasteiger partial charge in [0.2, 0.25) is 0 Å². The molecular formula is C19H33NO3. The van der Waals surface area contributed by atoms with Crippen molar-refractivity contribution in [1.82, 2.24) is 5.32 Å². The van der Waals surface area contributed by atoms with Crippen molar-refractivity contribution in [1.29, 1.82) is 0 Å². The largest absolute Gasteiger partial charge is 0.449 e. The standard InChI is InChI=1S/C19H33NO3/c1-6-8-9-10-11-12-13-14-15-16(23-17(21)7-2)18(22)20-19(3,4)5/h6-7,16H,1-2,8-15H2,3-5H3,(H,20,22). The number of hydrogen-bond donors (Lipinski definition) is 1. The van der Waals surface area contributed by atoms with Crippen molar-refractivity contribution in [2.45, 2.75) is 83.8 Å². The number of carbonyl (C=O) groups excluding carboxylic acids is 2. The second-order valence-corrected chi connectivity index (χ2v) is 6.86. The molecule has 1 N–H and O–H groups in total. The molecule has 0 saturated carbocycles. The van der Waals surface area contributed by atoms with Gasteiger partial charge in [0.25, 0.3) is 5.91 Å². The van der Waals surface area contributed by atoms with Crippen LogP contribution in [-0.4, -0.2) is 23.5 Å². The van der Waals surface area contributed by atoms with Crippen LogP contribution in [0.1, 0.15) is 72.1 Å². The first-order chi connectivity index (χ1) is 10.8. The number of esters is 1. The van der Waals surface area contributed by atoms with E-state index in [9.17, 15) is 9.59 Å². The summed E-state index contributed by atoms with van der Waals surface area (Å²) in [5.74, 6) is -0.790. The molecule has 1 amide bonds. The molecule has 1 unspecified atom stereocenters. The highest BCUT2D eigenvalue weighted by molar-refractivity contribution is 5.87. The number of nitrogens with one attached hydrogen (secondary N) is 1. The summed E-state index contributed by atoms with van der Waals surface area (Å²) in [6.07, 6.45) is 10.6. The molecule has 132 valence electrons. The fourth-order valence-corrected chi connectivity index (χ4v) is 2.21. The van der Waals surface area contributed by atoms with E-state index >= 15 is 0 Å². The van der Waals surface area contributed by atoms with Crippen LogP contribution in [0.5, 0.6) is 0 Å². The Morgan fingerprint density at radius 1 is 1.04 bits per heavy atom. The summed E-state index contributed by atoms with van der Waals surface area (Å²) in [5, 5.41) is 2.86. The van der Waals surface area contributed by atoms with Crippen molar-refractivity contribution in [3.05, 3.63) is 25.3 Å². The lowest BCUT2D eigenvalue weighted by Gasteiger charge is -2.24. The summed E-state index contributed by atoms with van der Waals surface area (Å²) in [6.45, 7) is 12.8. The molecule has 0 spiro atoms. The van der Waals surface area contributed by atoms with Gasteiger partial charge in [0, 0.05) is 11.6 Å². The normalized spacial score (nSPS) is 12.3. The van der Waals surface area contributed by atoms with E-state index < -0.39 is 12.1 Å². The number of unbranched alkanes of at least 4 members (excludes halogenated alkanes) is 6. The van der Waals surface area contributed by atoms with Gasteiger partial charge >= 0.3 is 5.97 Å². The van der Waals surface area contributed by atoms with Gasteiger partial charge in [-0.3, -0.25) is 4.79 Å². The Morgan fingerprint density at radius 2 is 1.61 bits per heavy atom. The quantitative estimate of drug-likeness (QED) is 0.252. The topological polar surface area (TPSA) is 55.4 Å². The molecule has 4 heteroatoms. The molecule has 0 bridgehead atoms. The van der Waals surface area contributed by atoms with Gasteiger partial charge in [-0.05, 0) is 46.5 Å². The van der Waals surface area contributed by atoms with Crippen LogP contribution >= 0.6 is 0 Å². The SMILES string of the molecule is C=CCCCCCCCCC(OC(=O)C=C)C(=O)NC(C)(C)C. The fourth-order valence-electron chi connectivity index (χ4n) is 2.21. The lowest BCUT2D eigenvalue weighted by molar-refractivity contribution is -0.152. The number of hydrogen-bond acceptors (Lipinski definition) is 3. The van der Waals surface area contributed by atoms with Gasteiger partial charge in [0.15, 0.2) is 6.10 Å². The highest BCUT2D eigenvalue weighted by Crippen LogP contribution is 2.13. The summed E-state index contributed by atoms with van der Waals surface area (Å²) in [4.78, 5) is 23.6. The third kappa shape index (κ3) is 12.6. The number of amides is 1. The van der Waals surface area contributed by atoms with Crippen molar-refractivity contribution < 1.29 is 14.3 Å². The summed E-state index contributed by atoms with van der Waals surface area (Å²) in [5.41, 5.74) is -0.346. The molecular weight excluding hydrogens is 290 g/mol. The molecule has 0 aromatic rings. The maximum atomic E-state index is 12.2. The first-order valence-corrected chi connectivity index (χ1v) is 8.56. The van der Waals surface area contributed by atoms with Crippen molar-refractivity contribution >= 4 is 11.9 Å². The van der Waals surface area contributed by atoms with Crippen LogP contribution in [0.15, 0.2) is 25.3 Å². The number of ether oxygens (including phenoxy) is 1. The fraction of sp³-hybridized carbons (Fsp3) is 0.684. The van der Waals surface area contributed by atoms with Gasteiger partial charge < -0.3 is 10.1 Å². The second kappa shape index (κ2) is 11.9. The highest BCUT2D eigenvalue weighted by atomic mass is 16.5. The molecule has 0 rings (SSSR count). The summed E-state index contributed by atoms with van der Waals surface area (Å²) in [7, 11) is 0. The Hall–Kier alpha value is -1.58. The molecule has 0 fully saturated rings. The first kappa shape index (κ1) is 21.4. The molecule has 1 atom stereocenters. The Kier molecular flexibility index (Phi) is 11.1. The third-order valence-electron chi connectivity index (χ3n) is 3.34. The minimum absolute atomic E-state index is 0.237. The van der Waals surface area contributed by atoms with E-state index in [0.29, 0.717) is 6.42 Å². The van der Waals surface area contributed by atoms with Crippen molar-refractivity contribution in [2.24, 2.45) is 0 Å². The molecule has 0 aliphatic rings. The Morgan fingerprint density at radius 3 is 2.13 bits per heavy atom. The van der Waals surface area contributed by atoms with Gasteiger partial charge in [-0.25, -0.2) is 4.79 Å². The molecule has 0 aromatic heterocycles. The third-order valence-corrected chi connectivity index (χ3v) is 3.34. The van der Waals surface area contributed by atoms with E-state index in [1.807, 2.05) is 26.8 Å². The van der Waals surface area contributed by atoms with Crippen LogP contribution < -0.4 is 5.32 Å². The number of allylic oxidation sites excluding steroid dienone is 1. The maximum absolute atomic E-state index is 12.2. The molecule has 0 heterocycles. The lowest BCUT2D eigenvalue weighted by atomic mass is 10.0. The van der Waals surface area contributed by atoms with Crippen LogP contribution in [0.2, 0.25) is 0 Å². The summed E-state index contributed by atoms with van der Waals surface area (Å²) < 4.78 is 5.19. The van der Waals surface area contributed by atoms with E-state index in [-0.39, 0.29) is 11.4 Å². The summed E-state index contributed by atoms with van der Waals surface area (Å²) in [6, 6.07) is 0. The maximum Gasteiger partial charge on any atom is 0.330 e. The molecule has 23 heavy (non-hydrogen) atoms. The monoisotopic (exact) mass is 323 g/mol. The van der Waals surface area contributed by atoms with Crippen LogP contribution in [0.3, 0.4) is 0 Å². The predicted molar refractivity (Wildman–Crippen MR) is 95.1 cm³/mol. The zero-order valence-corrected chi connectivity index (χ0v) is 15.0. The predicted octanol–water partition coefficient (Wildman–Crippen LogP) is 4.31. The van der Waals surface area contributed by atoms with Crippen LogP contribution in [-0.2, 0) is 14.3 Å². The zero-order chi connectivity index (χ0) is 17.7. The van der Waals surface area contributed by atoms with Crippen LogP contribution in [0.25, 0.3) is 0 Å². The molecule has 0 aliphatic heterocycles. The van der Waals surface area contributed by atoms with E-state index in [4.69, 9.17) is 4.74 Å².